The second kappa shape index (κ2) is 4.70. The molecule has 0 heterocycles. The third-order valence-corrected chi connectivity index (χ3v) is 3.14. The van der Waals surface area contributed by atoms with Crippen molar-refractivity contribution in [3.63, 3.8) is 0 Å². The van der Waals surface area contributed by atoms with Crippen molar-refractivity contribution in [2.75, 3.05) is 0 Å². The molecule has 1 unspecified atom stereocenters. The molecular formula is C15H13F3O. The van der Waals surface area contributed by atoms with Crippen molar-refractivity contribution in [1.29, 1.82) is 0 Å². The van der Waals surface area contributed by atoms with Crippen molar-refractivity contribution in [1.82, 2.24) is 0 Å². The van der Waals surface area contributed by atoms with Crippen LogP contribution in [0.3, 0.4) is 0 Å². The van der Waals surface area contributed by atoms with Crippen molar-refractivity contribution in [3.05, 3.63) is 70.5 Å². The summed E-state index contributed by atoms with van der Waals surface area (Å²) in [6, 6.07) is 6.91. The lowest BCUT2D eigenvalue weighted by Gasteiger charge is -2.25. The van der Waals surface area contributed by atoms with Gasteiger partial charge in [-0.15, -0.1) is 0 Å². The number of hydrogen-bond acceptors (Lipinski definition) is 1. The molecule has 100 valence electrons. The first-order valence-corrected chi connectivity index (χ1v) is 5.76. The van der Waals surface area contributed by atoms with Crippen molar-refractivity contribution >= 4 is 0 Å². The van der Waals surface area contributed by atoms with Crippen LogP contribution < -0.4 is 0 Å². The van der Waals surface area contributed by atoms with Gasteiger partial charge in [0.25, 0.3) is 0 Å². The summed E-state index contributed by atoms with van der Waals surface area (Å²) >= 11 is 0. The molecule has 0 aliphatic carbocycles. The molecular weight excluding hydrogens is 253 g/mol. The zero-order valence-electron chi connectivity index (χ0n) is 10.5. The minimum absolute atomic E-state index is 0.0796. The number of halogens is 3. The predicted molar refractivity (Wildman–Crippen MR) is 66.2 cm³/mol. The maximum Gasteiger partial charge on any atom is 0.126 e. The van der Waals surface area contributed by atoms with Crippen LogP contribution in [0.25, 0.3) is 0 Å². The molecule has 1 atom stereocenters. The number of aliphatic hydroxyl groups is 1. The predicted octanol–water partition coefficient (Wildman–Crippen LogP) is 3.67. The Morgan fingerprint density at radius 1 is 0.895 bits per heavy atom. The lowest BCUT2D eigenvalue weighted by molar-refractivity contribution is 0.101. The molecule has 0 aromatic heterocycles. The van der Waals surface area contributed by atoms with Gasteiger partial charge in [-0.3, -0.25) is 0 Å². The Balaban J connectivity index is 2.54. The van der Waals surface area contributed by atoms with Crippen LogP contribution in [0.2, 0.25) is 0 Å². The summed E-state index contributed by atoms with van der Waals surface area (Å²) in [6.07, 6.45) is 0. The van der Waals surface area contributed by atoms with Gasteiger partial charge in [0.2, 0.25) is 0 Å². The Bertz CT molecular complexity index is 601. The quantitative estimate of drug-likeness (QED) is 0.879. The molecule has 0 radical (unpaired) electrons. The molecule has 4 heteroatoms. The fourth-order valence-corrected chi connectivity index (χ4v) is 1.95. The monoisotopic (exact) mass is 266 g/mol. The topological polar surface area (TPSA) is 20.2 Å². The van der Waals surface area contributed by atoms with Crippen LogP contribution in [-0.2, 0) is 5.60 Å². The van der Waals surface area contributed by atoms with E-state index in [1.165, 1.54) is 25.1 Å². The molecule has 0 saturated carbocycles. The minimum Gasteiger partial charge on any atom is -0.381 e. The smallest absolute Gasteiger partial charge is 0.126 e. The van der Waals surface area contributed by atoms with Gasteiger partial charge in [-0.05, 0) is 54.8 Å². The average molecular weight is 266 g/mol. The van der Waals surface area contributed by atoms with Crippen molar-refractivity contribution in [2.24, 2.45) is 0 Å². The second-order valence-corrected chi connectivity index (χ2v) is 4.69. The Labute approximate surface area is 109 Å². The van der Waals surface area contributed by atoms with Crippen LogP contribution in [0.1, 0.15) is 23.6 Å². The van der Waals surface area contributed by atoms with Crippen LogP contribution >= 0.6 is 0 Å². The van der Waals surface area contributed by atoms with E-state index in [1.807, 2.05) is 0 Å². The van der Waals surface area contributed by atoms with Gasteiger partial charge in [0.1, 0.15) is 23.1 Å². The summed E-state index contributed by atoms with van der Waals surface area (Å²) in [7, 11) is 0. The Hall–Kier alpha value is -1.81. The van der Waals surface area contributed by atoms with Crippen molar-refractivity contribution in [3.8, 4) is 0 Å². The number of rotatable bonds is 2. The molecule has 0 amide bonds. The SMILES string of the molecule is Cc1cc(C(C)(O)c2cc(F)cc(F)c2)ccc1F. The highest BCUT2D eigenvalue weighted by atomic mass is 19.1. The van der Waals surface area contributed by atoms with E-state index in [4.69, 9.17) is 0 Å². The molecule has 0 fully saturated rings. The fraction of sp³-hybridized carbons (Fsp3) is 0.200. The molecule has 0 aliphatic rings. The zero-order chi connectivity index (χ0) is 14.2. The first-order chi connectivity index (χ1) is 8.80. The van der Waals surface area contributed by atoms with Gasteiger partial charge < -0.3 is 5.11 Å². The molecule has 19 heavy (non-hydrogen) atoms. The van der Waals surface area contributed by atoms with Crippen molar-refractivity contribution in [2.45, 2.75) is 19.4 Å². The van der Waals surface area contributed by atoms with Crippen LogP contribution in [0.5, 0.6) is 0 Å². The van der Waals surface area contributed by atoms with Gasteiger partial charge in [0.05, 0.1) is 0 Å². The van der Waals surface area contributed by atoms with Crippen LogP contribution in [0.15, 0.2) is 36.4 Å². The molecule has 1 nitrogen and oxygen atoms in total. The fourth-order valence-electron chi connectivity index (χ4n) is 1.95. The number of hydrogen-bond donors (Lipinski definition) is 1. The van der Waals surface area contributed by atoms with Gasteiger partial charge in [0, 0.05) is 6.07 Å². The van der Waals surface area contributed by atoms with Gasteiger partial charge in [-0.2, -0.15) is 0 Å². The highest BCUT2D eigenvalue weighted by molar-refractivity contribution is 5.37. The Kier molecular flexibility index (Phi) is 3.37. The molecule has 2 aromatic rings. The highest BCUT2D eigenvalue weighted by Crippen LogP contribution is 2.31. The number of aryl methyl sites for hydroxylation is 1. The van der Waals surface area contributed by atoms with E-state index < -0.39 is 23.1 Å². The molecule has 2 aromatic carbocycles. The van der Waals surface area contributed by atoms with E-state index in [-0.39, 0.29) is 5.56 Å². The average Bonchev–Trinajstić information content (AvgIpc) is 2.31. The normalized spacial score (nSPS) is 14.2. The van der Waals surface area contributed by atoms with E-state index in [1.54, 1.807) is 6.92 Å². The van der Waals surface area contributed by atoms with Crippen LogP contribution in [0.4, 0.5) is 13.2 Å². The van der Waals surface area contributed by atoms with E-state index >= 15 is 0 Å². The van der Waals surface area contributed by atoms with Gasteiger partial charge >= 0.3 is 0 Å². The molecule has 1 N–H and O–H groups in total. The first-order valence-electron chi connectivity index (χ1n) is 5.76. The third kappa shape index (κ3) is 2.63. The van der Waals surface area contributed by atoms with E-state index in [0.717, 1.165) is 18.2 Å². The standard InChI is InChI=1S/C15H13F3O/c1-9-5-10(3-4-14(9)18)15(2,19)11-6-12(16)8-13(17)7-11/h3-8,19H,1-2H3. The number of benzene rings is 2. The van der Waals surface area contributed by atoms with Crippen LogP contribution in [0, 0.1) is 24.4 Å². The molecule has 0 bridgehead atoms. The Morgan fingerprint density at radius 2 is 1.47 bits per heavy atom. The summed E-state index contributed by atoms with van der Waals surface area (Å²) in [5, 5.41) is 10.5. The lowest BCUT2D eigenvalue weighted by atomic mass is 9.87. The Morgan fingerprint density at radius 3 is 2.00 bits per heavy atom. The largest absolute Gasteiger partial charge is 0.381 e. The van der Waals surface area contributed by atoms with Gasteiger partial charge in [-0.25, -0.2) is 13.2 Å². The summed E-state index contributed by atoms with van der Waals surface area (Å²) < 4.78 is 39.6. The van der Waals surface area contributed by atoms with Gasteiger partial charge in [0.15, 0.2) is 0 Å². The summed E-state index contributed by atoms with van der Waals surface area (Å²) in [4.78, 5) is 0. The second-order valence-electron chi connectivity index (χ2n) is 4.69. The zero-order valence-corrected chi connectivity index (χ0v) is 10.5. The summed E-state index contributed by atoms with van der Waals surface area (Å²) in [5.74, 6) is -1.94. The molecule has 2 rings (SSSR count). The van der Waals surface area contributed by atoms with E-state index in [9.17, 15) is 18.3 Å². The van der Waals surface area contributed by atoms with E-state index in [0.29, 0.717) is 11.1 Å². The highest BCUT2D eigenvalue weighted by Gasteiger charge is 2.27. The van der Waals surface area contributed by atoms with Gasteiger partial charge in [-0.1, -0.05) is 6.07 Å². The summed E-state index contributed by atoms with van der Waals surface area (Å²) in [5.41, 5.74) is -0.788. The summed E-state index contributed by atoms with van der Waals surface area (Å²) in [6.45, 7) is 2.97. The molecule has 0 saturated heterocycles. The van der Waals surface area contributed by atoms with Crippen molar-refractivity contribution < 1.29 is 18.3 Å². The van der Waals surface area contributed by atoms with Crippen LogP contribution in [-0.4, -0.2) is 5.11 Å². The minimum atomic E-state index is -1.60. The first kappa shape index (κ1) is 13.6. The maximum absolute atomic E-state index is 13.2. The molecule has 0 spiro atoms. The molecule has 0 aliphatic heterocycles. The third-order valence-electron chi connectivity index (χ3n) is 3.14. The lowest BCUT2D eigenvalue weighted by Crippen LogP contribution is -2.23. The maximum atomic E-state index is 13.2. The van der Waals surface area contributed by atoms with E-state index in [2.05, 4.69) is 0 Å².